The Morgan fingerprint density at radius 2 is 1.81 bits per heavy atom. The summed E-state index contributed by atoms with van der Waals surface area (Å²) in [6.07, 6.45) is 1.31. The number of aryl methyl sites for hydroxylation is 1. The molecule has 0 aliphatic carbocycles. The topological polar surface area (TPSA) is 86.9 Å². The van der Waals surface area contributed by atoms with Gasteiger partial charge >= 0.3 is 0 Å². The molecule has 0 radical (unpaired) electrons. The van der Waals surface area contributed by atoms with E-state index in [4.69, 9.17) is 11.6 Å². The van der Waals surface area contributed by atoms with Crippen LogP contribution in [0, 0.1) is 6.92 Å². The van der Waals surface area contributed by atoms with E-state index in [0.29, 0.717) is 16.4 Å². The van der Waals surface area contributed by atoms with Crippen LogP contribution in [0.2, 0.25) is 5.02 Å². The number of carbonyl (C=O) groups excluding carboxylic acids is 2. The normalized spacial score (nSPS) is 10.4. The molecule has 0 aliphatic rings. The van der Waals surface area contributed by atoms with Gasteiger partial charge in [-0.1, -0.05) is 33.6 Å². The number of halogens is 2. The van der Waals surface area contributed by atoms with E-state index in [1.165, 1.54) is 6.33 Å². The van der Waals surface area contributed by atoms with E-state index in [1.807, 2.05) is 19.1 Å². The highest BCUT2D eigenvalue weighted by atomic mass is 79.9. The number of amides is 2. The van der Waals surface area contributed by atoms with Crippen LogP contribution in [-0.2, 0) is 0 Å². The summed E-state index contributed by atoms with van der Waals surface area (Å²) in [6.45, 7) is 1.88. The van der Waals surface area contributed by atoms with Crippen LogP contribution >= 0.6 is 27.5 Å². The maximum Gasteiger partial charge on any atom is 0.276 e. The number of benzene rings is 2. The van der Waals surface area contributed by atoms with E-state index in [2.05, 4.69) is 36.5 Å². The van der Waals surface area contributed by atoms with E-state index in [9.17, 15) is 9.59 Å². The largest absolute Gasteiger partial charge is 0.340 e. The number of aromatic nitrogens is 2. The number of rotatable bonds is 4. The zero-order valence-corrected chi connectivity index (χ0v) is 16.0. The maximum absolute atomic E-state index is 12.6. The Kier molecular flexibility index (Phi) is 5.39. The van der Waals surface area contributed by atoms with Gasteiger partial charge in [-0.25, -0.2) is 4.98 Å². The number of H-pyrrole nitrogens is 1. The lowest BCUT2D eigenvalue weighted by Crippen LogP contribution is -2.20. The molecule has 0 spiro atoms. The Bertz CT molecular complexity index is 970. The second-order valence-corrected chi connectivity index (χ2v) is 6.85. The summed E-state index contributed by atoms with van der Waals surface area (Å²) in [6, 6.07) is 12.2. The molecule has 2 aromatic carbocycles. The van der Waals surface area contributed by atoms with Gasteiger partial charge in [0.05, 0.1) is 6.33 Å². The summed E-state index contributed by atoms with van der Waals surface area (Å²) in [5, 5.41) is 6.03. The van der Waals surface area contributed by atoms with Gasteiger partial charge < -0.3 is 15.6 Å². The van der Waals surface area contributed by atoms with Crippen molar-refractivity contribution in [2.45, 2.75) is 6.92 Å². The van der Waals surface area contributed by atoms with Crippen molar-refractivity contribution < 1.29 is 9.59 Å². The number of aromatic amines is 1. The molecule has 0 fully saturated rings. The molecule has 0 saturated carbocycles. The van der Waals surface area contributed by atoms with E-state index in [1.54, 1.807) is 30.3 Å². The average Bonchev–Trinajstić information content (AvgIpc) is 3.10. The maximum atomic E-state index is 12.6. The molecule has 0 saturated heterocycles. The lowest BCUT2D eigenvalue weighted by atomic mass is 10.2. The summed E-state index contributed by atoms with van der Waals surface area (Å²) in [7, 11) is 0. The molecule has 2 amide bonds. The first-order chi connectivity index (χ1) is 12.4. The molecule has 132 valence electrons. The van der Waals surface area contributed by atoms with E-state index < -0.39 is 11.8 Å². The van der Waals surface area contributed by atoms with Gasteiger partial charge in [0.15, 0.2) is 5.69 Å². The molecule has 3 aromatic rings. The lowest BCUT2D eigenvalue weighted by Gasteiger charge is -2.09. The molecule has 1 aromatic heterocycles. The highest BCUT2D eigenvalue weighted by molar-refractivity contribution is 9.10. The van der Waals surface area contributed by atoms with Gasteiger partial charge in [0.2, 0.25) is 0 Å². The first-order valence-electron chi connectivity index (χ1n) is 7.62. The molecule has 0 unspecified atom stereocenters. The monoisotopic (exact) mass is 432 g/mol. The number of nitrogens with zero attached hydrogens (tertiary/aromatic N) is 1. The number of nitrogens with one attached hydrogen (secondary N) is 3. The molecular formula is C18H14BrClN4O2. The molecular weight excluding hydrogens is 420 g/mol. The third kappa shape index (κ3) is 4.12. The highest BCUT2D eigenvalue weighted by Crippen LogP contribution is 2.21. The standard InChI is InChI=1S/C18H14BrClN4O2/c1-10-2-3-11(19)8-14(10)24-18(26)16-15(21-9-22-16)17(25)23-13-6-4-12(20)5-7-13/h2-9H,1H3,(H,21,22)(H,23,25)(H,24,26). The summed E-state index contributed by atoms with van der Waals surface area (Å²) in [5.74, 6) is -0.949. The fourth-order valence-corrected chi connectivity index (χ4v) is 2.76. The van der Waals surface area contributed by atoms with Gasteiger partial charge in [0, 0.05) is 20.9 Å². The van der Waals surface area contributed by atoms with Crippen LogP contribution in [0.4, 0.5) is 11.4 Å². The number of imidazole rings is 1. The van der Waals surface area contributed by atoms with Gasteiger partial charge in [-0.3, -0.25) is 9.59 Å². The SMILES string of the molecule is Cc1ccc(Br)cc1NC(=O)c1[nH]cnc1C(=O)Nc1ccc(Cl)cc1. The molecule has 3 N–H and O–H groups in total. The van der Waals surface area contributed by atoms with Crippen LogP contribution in [-0.4, -0.2) is 21.8 Å². The molecule has 26 heavy (non-hydrogen) atoms. The van der Waals surface area contributed by atoms with E-state index >= 15 is 0 Å². The van der Waals surface area contributed by atoms with Gasteiger partial charge in [0.1, 0.15) is 5.69 Å². The van der Waals surface area contributed by atoms with Gasteiger partial charge in [0.25, 0.3) is 11.8 Å². The Morgan fingerprint density at radius 1 is 1.08 bits per heavy atom. The zero-order valence-electron chi connectivity index (χ0n) is 13.6. The molecule has 6 nitrogen and oxygen atoms in total. The van der Waals surface area contributed by atoms with Crippen LogP contribution < -0.4 is 10.6 Å². The van der Waals surface area contributed by atoms with Crippen molar-refractivity contribution in [3.8, 4) is 0 Å². The van der Waals surface area contributed by atoms with Crippen LogP contribution in [0.1, 0.15) is 26.5 Å². The molecule has 1 heterocycles. The average molecular weight is 434 g/mol. The van der Waals surface area contributed by atoms with Crippen LogP contribution in [0.15, 0.2) is 53.3 Å². The van der Waals surface area contributed by atoms with Gasteiger partial charge in [-0.2, -0.15) is 0 Å². The molecule has 0 aliphatic heterocycles. The van der Waals surface area contributed by atoms with Crippen molar-refractivity contribution in [3.63, 3.8) is 0 Å². The molecule has 3 rings (SSSR count). The lowest BCUT2D eigenvalue weighted by molar-refractivity contribution is 0.0985. The third-order valence-corrected chi connectivity index (χ3v) is 4.38. The fraction of sp³-hybridized carbons (Fsp3) is 0.0556. The van der Waals surface area contributed by atoms with Crippen molar-refractivity contribution in [1.82, 2.24) is 9.97 Å². The Labute approximate surface area is 163 Å². The van der Waals surface area contributed by atoms with Crippen molar-refractivity contribution in [2.75, 3.05) is 10.6 Å². The summed E-state index contributed by atoms with van der Waals surface area (Å²) in [4.78, 5) is 31.7. The van der Waals surface area contributed by atoms with Gasteiger partial charge in [-0.05, 0) is 48.9 Å². The van der Waals surface area contributed by atoms with Crippen molar-refractivity contribution >= 4 is 50.7 Å². The minimum atomic E-state index is -0.496. The molecule has 8 heteroatoms. The zero-order chi connectivity index (χ0) is 18.7. The van der Waals surface area contributed by atoms with Crippen LogP contribution in [0.25, 0.3) is 0 Å². The van der Waals surface area contributed by atoms with E-state index in [0.717, 1.165) is 10.0 Å². The fourth-order valence-electron chi connectivity index (χ4n) is 2.28. The second-order valence-electron chi connectivity index (χ2n) is 5.50. The number of hydrogen-bond donors (Lipinski definition) is 3. The smallest absolute Gasteiger partial charge is 0.276 e. The second kappa shape index (κ2) is 7.72. The summed E-state index contributed by atoms with van der Waals surface area (Å²) >= 11 is 9.20. The molecule has 0 bridgehead atoms. The van der Waals surface area contributed by atoms with Crippen LogP contribution in [0.3, 0.4) is 0 Å². The Morgan fingerprint density at radius 3 is 2.54 bits per heavy atom. The predicted octanol–water partition coefficient (Wildman–Crippen LogP) is 4.64. The highest BCUT2D eigenvalue weighted by Gasteiger charge is 2.21. The minimum Gasteiger partial charge on any atom is -0.340 e. The van der Waals surface area contributed by atoms with Crippen molar-refractivity contribution in [3.05, 3.63) is 75.2 Å². The predicted molar refractivity (Wildman–Crippen MR) is 105 cm³/mol. The first kappa shape index (κ1) is 18.2. The van der Waals surface area contributed by atoms with Crippen molar-refractivity contribution in [1.29, 1.82) is 0 Å². The first-order valence-corrected chi connectivity index (χ1v) is 8.79. The minimum absolute atomic E-state index is 0.00472. The van der Waals surface area contributed by atoms with Crippen molar-refractivity contribution in [2.24, 2.45) is 0 Å². The third-order valence-electron chi connectivity index (χ3n) is 3.63. The number of carbonyl (C=O) groups is 2. The Balaban J connectivity index is 1.79. The van der Waals surface area contributed by atoms with E-state index in [-0.39, 0.29) is 11.4 Å². The summed E-state index contributed by atoms with van der Waals surface area (Å²) in [5.41, 5.74) is 2.17. The van der Waals surface area contributed by atoms with Gasteiger partial charge in [-0.15, -0.1) is 0 Å². The van der Waals surface area contributed by atoms with Crippen LogP contribution in [0.5, 0.6) is 0 Å². The number of hydrogen-bond acceptors (Lipinski definition) is 3. The quantitative estimate of drug-likeness (QED) is 0.560. The molecule has 0 atom stereocenters. The number of anilines is 2. The Hall–Kier alpha value is -2.64. The summed E-state index contributed by atoms with van der Waals surface area (Å²) < 4.78 is 0.837.